The molecule has 1 aromatic heterocycles. The van der Waals surface area contributed by atoms with E-state index in [2.05, 4.69) is 4.99 Å². The molecule has 0 radical (unpaired) electrons. The van der Waals surface area contributed by atoms with Crippen LogP contribution in [0, 0.1) is 6.92 Å². The third-order valence-corrected chi connectivity index (χ3v) is 5.31. The van der Waals surface area contributed by atoms with Crippen LogP contribution in [0.5, 0.6) is 5.75 Å². The number of thioether (sulfide) groups is 1. The molecule has 0 aliphatic carbocycles. The molecule has 4 rings (SSSR count). The minimum Gasteiger partial charge on any atom is -0.491 e. The van der Waals surface area contributed by atoms with E-state index in [4.69, 9.17) is 15.6 Å². The molecule has 0 atom stereocenters. The van der Waals surface area contributed by atoms with Gasteiger partial charge in [-0.3, -0.25) is 4.79 Å². The van der Waals surface area contributed by atoms with Crippen LogP contribution in [0.3, 0.4) is 0 Å². The average molecular weight is 419 g/mol. The third kappa shape index (κ3) is 4.16. The molecule has 152 valence electrons. The van der Waals surface area contributed by atoms with Crippen LogP contribution in [0.15, 0.2) is 64.6 Å². The summed E-state index contributed by atoms with van der Waals surface area (Å²) in [6.07, 6.45) is 3.81. The Hall–Kier alpha value is -3.32. The zero-order valence-corrected chi connectivity index (χ0v) is 17.8. The molecule has 0 unspecified atom stereocenters. The number of nitrogens with two attached hydrogens (primary N) is 1. The standard InChI is InChI=1S/C23H22N4O2S/c1-14(2)29-19-10-9-16(11-15(19)3)21-17(12-20-22(28)25-23(24)30-20)13-27(26-21)18-7-5-4-6-8-18/h4-14H,1-3H3,(H2,24,25,28)/b20-12+. The van der Waals surface area contributed by atoms with Crippen LogP contribution >= 0.6 is 11.8 Å². The quantitative estimate of drug-likeness (QED) is 0.614. The molecule has 1 aliphatic rings. The average Bonchev–Trinajstić information content (AvgIpc) is 3.27. The van der Waals surface area contributed by atoms with Gasteiger partial charge in [0.05, 0.1) is 16.7 Å². The van der Waals surface area contributed by atoms with Gasteiger partial charge in [-0.15, -0.1) is 0 Å². The number of hydrogen-bond acceptors (Lipinski definition) is 5. The molecule has 7 heteroatoms. The molecular weight excluding hydrogens is 396 g/mol. The van der Waals surface area contributed by atoms with Crippen LogP contribution in [0.1, 0.15) is 25.0 Å². The minimum atomic E-state index is -0.326. The van der Waals surface area contributed by atoms with Crippen molar-refractivity contribution in [2.75, 3.05) is 0 Å². The molecule has 0 spiro atoms. The summed E-state index contributed by atoms with van der Waals surface area (Å²) in [6.45, 7) is 6.02. The molecule has 0 saturated heterocycles. The van der Waals surface area contributed by atoms with Gasteiger partial charge in [0.1, 0.15) is 11.4 Å². The highest BCUT2D eigenvalue weighted by atomic mass is 32.2. The highest BCUT2D eigenvalue weighted by Crippen LogP contribution is 2.33. The summed E-state index contributed by atoms with van der Waals surface area (Å²) in [5.74, 6) is 0.520. The Kier molecular flexibility index (Phi) is 5.46. The van der Waals surface area contributed by atoms with Crippen LogP contribution in [0.25, 0.3) is 23.0 Å². The lowest BCUT2D eigenvalue weighted by Crippen LogP contribution is -2.06. The molecule has 0 fully saturated rings. The van der Waals surface area contributed by atoms with Crippen LogP contribution < -0.4 is 10.5 Å². The monoisotopic (exact) mass is 418 g/mol. The maximum atomic E-state index is 12.1. The first-order valence-electron chi connectivity index (χ1n) is 9.61. The first-order chi connectivity index (χ1) is 14.4. The Morgan fingerprint density at radius 2 is 1.93 bits per heavy atom. The summed E-state index contributed by atoms with van der Waals surface area (Å²) in [7, 11) is 0. The first-order valence-corrected chi connectivity index (χ1v) is 10.4. The molecule has 0 saturated carbocycles. The van der Waals surface area contributed by atoms with Gasteiger partial charge in [0.2, 0.25) is 0 Å². The van der Waals surface area contributed by atoms with Gasteiger partial charge >= 0.3 is 0 Å². The molecule has 1 aliphatic heterocycles. The van der Waals surface area contributed by atoms with Crippen molar-refractivity contribution in [2.45, 2.75) is 26.9 Å². The van der Waals surface area contributed by atoms with Crippen molar-refractivity contribution >= 4 is 28.9 Å². The summed E-state index contributed by atoms with van der Waals surface area (Å²) in [5.41, 5.74) is 10.2. The topological polar surface area (TPSA) is 82.5 Å². The predicted octanol–water partition coefficient (Wildman–Crippen LogP) is 4.56. The second-order valence-electron chi connectivity index (χ2n) is 7.23. The normalized spacial score (nSPS) is 15.1. The zero-order chi connectivity index (χ0) is 21.3. The number of ether oxygens (including phenoxy) is 1. The number of carbonyl (C=O) groups is 1. The van der Waals surface area contributed by atoms with E-state index < -0.39 is 0 Å². The first kappa shape index (κ1) is 20.0. The number of aromatic nitrogens is 2. The Morgan fingerprint density at radius 1 is 1.17 bits per heavy atom. The Labute approximate surface area is 179 Å². The van der Waals surface area contributed by atoms with Gasteiger partial charge in [0.15, 0.2) is 5.17 Å². The number of carbonyl (C=O) groups excluding carboxylic acids is 1. The van der Waals surface area contributed by atoms with Crippen molar-refractivity contribution in [2.24, 2.45) is 10.7 Å². The second kappa shape index (κ2) is 8.20. The Morgan fingerprint density at radius 3 is 2.57 bits per heavy atom. The molecule has 2 N–H and O–H groups in total. The van der Waals surface area contributed by atoms with Crippen molar-refractivity contribution in [3.63, 3.8) is 0 Å². The fraction of sp³-hybridized carbons (Fsp3) is 0.174. The summed E-state index contributed by atoms with van der Waals surface area (Å²) in [5, 5.41) is 5.07. The number of aryl methyl sites for hydroxylation is 1. The number of para-hydroxylation sites is 1. The van der Waals surface area contributed by atoms with Gasteiger partial charge in [-0.2, -0.15) is 10.1 Å². The van der Waals surface area contributed by atoms with Crippen LogP contribution in [0.2, 0.25) is 0 Å². The van der Waals surface area contributed by atoms with Gasteiger partial charge in [-0.1, -0.05) is 18.2 Å². The van der Waals surface area contributed by atoms with Crippen molar-refractivity contribution < 1.29 is 9.53 Å². The molecule has 0 bridgehead atoms. The lowest BCUT2D eigenvalue weighted by Gasteiger charge is -2.13. The lowest BCUT2D eigenvalue weighted by atomic mass is 10.0. The SMILES string of the molecule is Cc1cc(-c2nn(-c3ccccc3)cc2/C=C2/SC(N)=NC2=O)ccc1OC(C)C. The molecule has 30 heavy (non-hydrogen) atoms. The fourth-order valence-corrected chi connectivity index (χ4v) is 3.85. The highest BCUT2D eigenvalue weighted by Gasteiger charge is 2.21. The predicted molar refractivity (Wildman–Crippen MR) is 122 cm³/mol. The maximum absolute atomic E-state index is 12.1. The van der Waals surface area contributed by atoms with Gasteiger partial charge in [-0.25, -0.2) is 4.68 Å². The van der Waals surface area contributed by atoms with Gasteiger partial charge in [-0.05, 0) is 74.5 Å². The molecule has 2 aromatic carbocycles. The van der Waals surface area contributed by atoms with E-state index in [9.17, 15) is 4.79 Å². The number of amidine groups is 1. The molecule has 3 aromatic rings. The van der Waals surface area contributed by atoms with E-state index in [0.29, 0.717) is 4.91 Å². The van der Waals surface area contributed by atoms with Gasteiger partial charge in [0.25, 0.3) is 5.91 Å². The fourth-order valence-electron chi connectivity index (χ4n) is 3.18. The van der Waals surface area contributed by atoms with E-state index in [1.807, 2.05) is 80.2 Å². The second-order valence-corrected chi connectivity index (χ2v) is 8.29. The number of hydrogen-bond donors (Lipinski definition) is 1. The number of benzene rings is 2. The number of aliphatic imine (C=N–C) groups is 1. The summed E-state index contributed by atoms with van der Waals surface area (Å²) < 4.78 is 7.67. The largest absolute Gasteiger partial charge is 0.491 e. The van der Waals surface area contributed by atoms with E-state index in [0.717, 1.165) is 33.8 Å². The minimum absolute atomic E-state index is 0.1000. The van der Waals surface area contributed by atoms with Crippen LogP contribution in [-0.2, 0) is 4.79 Å². The zero-order valence-electron chi connectivity index (χ0n) is 17.0. The van der Waals surface area contributed by atoms with Crippen LogP contribution in [0.4, 0.5) is 0 Å². The lowest BCUT2D eigenvalue weighted by molar-refractivity contribution is -0.113. The molecule has 1 amide bonds. The van der Waals surface area contributed by atoms with Gasteiger partial charge < -0.3 is 10.5 Å². The Balaban J connectivity index is 1.80. The number of nitrogens with zero attached hydrogens (tertiary/aromatic N) is 3. The summed E-state index contributed by atoms with van der Waals surface area (Å²) in [4.78, 5) is 16.4. The maximum Gasteiger partial charge on any atom is 0.286 e. The van der Waals surface area contributed by atoms with Crippen molar-refractivity contribution in [1.29, 1.82) is 0 Å². The molecule has 6 nitrogen and oxygen atoms in total. The van der Waals surface area contributed by atoms with Crippen LogP contribution in [-0.4, -0.2) is 27.0 Å². The third-order valence-electron chi connectivity index (χ3n) is 4.50. The van der Waals surface area contributed by atoms with E-state index in [1.165, 1.54) is 11.8 Å². The molecule has 2 heterocycles. The molecular formula is C23H22N4O2S. The number of amides is 1. The summed E-state index contributed by atoms with van der Waals surface area (Å²) in [6, 6.07) is 15.8. The van der Waals surface area contributed by atoms with Crippen molar-refractivity contribution in [1.82, 2.24) is 9.78 Å². The van der Waals surface area contributed by atoms with E-state index in [-0.39, 0.29) is 17.2 Å². The van der Waals surface area contributed by atoms with E-state index in [1.54, 1.807) is 6.08 Å². The van der Waals surface area contributed by atoms with Crippen molar-refractivity contribution in [3.8, 4) is 22.7 Å². The van der Waals surface area contributed by atoms with E-state index >= 15 is 0 Å². The van der Waals surface area contributed by atoms with Gasteiger partial charge in [0, 0.05) is 17.3 Å². The number of rotatable bonds is 5. The smallest absolute Gasteiger partial charge is 0.286 e. The Bertz CT molecular complexity index is 1160. The summed E-state index contributed by atoms with van der Waals surface area (Å²) >= 11 is 1.17. The highest BCUT2D eigenvalue weighted by molar-refractivity contribution is 8.18. The van der Waals surface area contributed by atoms with Crippen molar-refractivity contribution in [3.05, 3.63) is 70.8 Å².